The van der Waals surface area contributed by atoms with Gasteiger partial charge in [0.25, 0.3) is 0 Å². The molecule has 0 radical (unpaired) electrons. The average Bonchev–Trinajstić information content (AvgIpc) is 3.39. The molecular formula is C30H42O8Si. The Bertz CT molecular complexity index is 1110. The number of carbonyl (C=O) groups is 1. The third-order valence-electron chi connectivity index (χ3n) is 7.72. The number of ether oxygens (including phenoxy) is 5. The number of benzene rings is 2. The molecule has 2 aliphatic heterocycles. The maximum absolute atomic E-state index is 12.9. The van der Waals surface area contributed by atoms with Gasteiger partial charge in [0, 0.05) is 0 Å². The lowest BCUT2D eigenvalue weighted by Crippen LogP contribution is -2.52. The molecular weight excluding hydrogens is 516 g/mol. The maximum Gasteiger partial charge on any atom is 0.338 e. The molecule has 0 spiro atoms. The van der Waals surface area contributed by atoms with E-state index >= 15 is 0 Å². The molecule has 0 saturated carbocycles. The summed E-state index contributed by atoms with van der Waals surface area (Å²) in [6.45, 7) is 15.0. The third kappa shape index (κ3) is 7.16. The van der Waals surface area contributed by atoms with Crippen LogP contribution in [0.2, 0.25) is 18.1 Å². The second-order valence-electron chi connectivity index (χ2n) is 12.2. The minimum Gasteiger partial charge on any atom is -0.457 e. The van der Waals surface area contributed by atoms with Crippen LogP contribution in [0.15, 0.2) is 54.6 Å². The molecule has 2 aromatic rings. The lowest BCUT2D eigenvalue weighted by molar-refractivity contribution is -0.197. The van der Waals surface area contributed by atoms with E-state index < -0.39 is 50.8 Å². The number of hydrogen-bond donors (Lipinski definition) is 1. The van der Waals surface area contributed by atoms with Gasteiger partial charge in [-0.15, -0.1) is 0 Å². The second kappa shape index (κ2) is 11.8. The molecule has 214 valence electrons. The van der Waals surface area contributed by atoms with Gasteiger partial charge >= 0.3 is 5.97 Å². The summed E-state index contributed by atoms with van der Waals surface area (Å²) in [6.07, 6.45) is -3.66. The quantitative estimate of drug-likeness (QED) is 0.332. The first kappa shape index (κ1) is 29.9. The van der Waals surface area contributed by atoms with Crippen molar-refractivity contribution in [2.75, 3.05) is 6.61 Å². The van der Waals surface area contributed by atoms with Crippen molar-refractivity contribution in [3.8, 4) is 0 Å². The summed E-state index contributed by atoms with van der Waals surface area (Å²) in [5.74, 6) is -1.19. The van der Waals surface area contributed by atoms with Crippen molar-refractivity contribution >= 4 is 14.3 Å². The Balaban J connectivity index is 1.46. The van der Waals surface area contributed by atoms with E-state index in [1.807, 2.05) is 50.2 Å². The minimum atomic E-state index is -2.27. The molecule has 8 nitrogen and oxygen atoms in total. The first-order valence-electron chi connectivity index (χ1n) is 13.5. The van der Waals surface area contributed by atoms with E-state index in [1.165, 1.54) is 0 Å². The number of rotatable bonds is 9. The van der Waals surface area contributed by atoms with E-state index in [-0.39, 0.29) is 18.3 Å². The van der Waals surface area contributed by atoms with E-state index in [9.17, 15) is 9.90 Å². The molecule has 0 unspecified atom stereocenters. The molecule has 2 fully saturated rings. The van der Waals surface area contributed by atoms with Crippen LogP contribution in [0.1, 0.15) is 56.1 Å². The zero-order valence-electron chi connectivity index (χ0n) is 24.0. The van der Waals surface area contributed by atoms with Crippen molar-refractivity contribution in [2.45, 2.75) is 102 Å². The summed E-state index contributed by atoms with van der Waals surface area (Å²) in [7, 11) is -2.27. The van der Waals surface area contributed by atoms with Crippen molar-refractivity contribution < 1.29 is 38.0 Å². The van der Waals surface area contributed by atoms with Gasteiger partial charge in [-0.3, -0.25) is 0 Å². The van der Waals surface area contributed by atoms with Gasteiger partial charge in [0.2, 0.25) is 0 Å². The van der Waals surface area contributed by atoms with Crippen molar-refractivity contribution in [3.05, 3.63) is 71.3 Å². The number of hydrogen-bond acceptors (Lipinski definition) is 8. The minimum absolute atomic E-state index is 0.0470. The molecule has 1 N–H and O–H groups in total. The van der Waals surface area contributed by atoms with Crippen LogP contribution in [0.4, 0.5) is 0 Å². The predicted octanol–water partition coefficient (Wildman–Crippen LogP) is 5.19. The van der Waals surface area contributed by atoms with Crippen molar-refractivity contribution in [1.82, 2.24) is 0 Å². The Labute approximate surface area is 232 Å². The standard InChI is InChI=1S/C30H42O8Si/c1-29(2,3)39(6,7)38-26-24(31)28(36-25(26)23-19-35-30(4,5)37-23)34-18-21-15-11-12-16-22(21)27(32)33-17-20-13-9-8-10-14-20/h8-16,23-26,28,31H,17-19H2,1-7H3/t23-,24-,25+,26-,28-/m1/s1. The first-order chi connectivity index (χ1) is 18.3. The molecule has 2 heterocycles. The summed E-state index contributed by atoms with van der Waals surface area (Å²) >= 11 is 0. The van der Waals surface area contributed by atoms with E-state index in [0.29, 0.717) is 17.7 Å². The topological polar surface area (TPSA) is 92.7 Å². The number of aliphatic hydroxyl groups is 1. The van der Waals surface area contributed by atoms with Crippen LogP contribution >= 0.6 is 0 Å². The van der Waals surface area contributed by atoms with Crippen molar-refractivity contribution in [3.63, 3.8) is 0 Å². The Kier molecular flexibility index (Phi) is 9.02. The summed E-state index contributed by atoms with van der Waals surface area (Å²) in [5, 5.41) is 11.3. The molecule has 0 aliphatic carbocycles. The maximum atomic E-state index is 12.9. The van der Waals surface area contributed by atoms with Gasteiger partial charge in [-0.25, -0.2) is 4.79 Å². The molecule has 2 saturated heterocycles. The van der Waals surface area contributed by atoms with Gasteiger partial charge in [-0.05, 0) is 49.2 Å². The highest BCUT2D eigenvalue weighted by Gasteiger charge is 2.54. The summed E-state index contributed by atoms with van der Waals surface area (Å²) in [6, 6.07) is 16.6. The fourth-order valence-corrected chi connectivity index (χ4v) is 5.76. The van der Waals surface area contributed by atoms with Crippen LogP contribution in [0.3, 0.4) is 0 Å². The zero-order chi connectivity index (χ0) is 28.4. The van der Waals surface area contributed by atoms with Gasteiger partial charge in [0.05, 0.1) is 18.8 Å². The predicted molar refractivity (Wildman–Crippen MR) is 148 cm³/mol. The largest absolute Gasteiger partial charge is 0.457 e. The smallest absolute Gasteiger partial charge is 0.338 e. The van der Waals surface area contributed by atoms with Crippen LogP contribution in [-0.2, 0) is 41.3 Å². The Morgan fingerprint density at radius 3 is 2.36 bits per heavy atom. The molecule has 39 heavy (non-hydrogen) atoms. The molecule has 2 aromatic carbocycles. The molecule has 0 aromatic heterocycles. The van der Waals surface area contributed by atoms with Crippen LogP contribution < -0.4 is 0 Å². The highest BCUT2D eigenvalue weighted by atomic mass is 28.4. The number of aliphatic hydroxyl groups excluding tert-OH is 1. The highest BCUT2D eigenvalue weighted by molar-refractivity contribution is 6.74. The van der Waals surface area contributed by atoms with Crippen molar-refractivity contribution in [2.24, 2.45) is 0 Å². The lowest BCUT2D eigenvalue weighted by Gasteiger charge is -2.40. The molecule has 9 heteroatoms. The normalized spacial score (nSPS) is 27.0. The first-order valence-corrected chi connectivity index (χ1v) is 16.4. The summed E-state index contributed by atoms with van der Waals surface area (Å²) < 4.78 is 36.4. The number of esters is 1. The van der Waals surface area contributed by atoms with Gasteiger partial charge in [0.1, 0.15) is 31.0 Å². The van der Waals surface area contributed by atoms with E-state index in [1.54, 1.807) is 18.2 Å². The van der Waals surface area contributed by atoms with Crippen LogP contribution in [0.5, 0.6) is 0 Å². The lowest BCUT2D eigenvalue weighted by atomic mass is 10.1. The molecule has 5 atom stereocenters. The molecule has 2 aliphatic rings. The highest BCUT2D eigenvalue weighted by Crippen LogP contribution is 2.41. The van der Waals surface area contributed by atoms with E-state index in [2.05, 4.69) is 33.9 Å². The van der Waals surface area contributed by atoms with Crippen LogP contribution in [0, 0.1) is 0 Å². The fourth-order valence-electron chi connectivity index (χ4n) is 4.45. The Morgan fingerprint density at radius 1 is 1.05 bits per heavy atom. The Morgan fingerprint density at radius 2 is 1.72 bits per heavy atom. The second-order valence-corrected chi connectivity index (χ2v) is 17.0. The van der Waals surface area contributed by atoms with E-state index in [0.717, 1.165) is 5.56 Å². The Hall–Kier alpha value is -2.11. The average molecular weight is 559 g/mol. The summed E-state index contributed by atoms with van der Waals surface area (Å²) in [5.41, 5.74) is 1.95. The fraction of sp³-hybridized carbons (Fsp3) is 0.567. The van der Waals surface area contributed by atoms with Gasteiger partial charge in [0.15, 0.2) is 20.4 Å². The van der Waals surface area contributed by atoms with E-state index in [4.69, 9.17) is 28.1 Å². The SMILES string of the molecule is CC1(C)OC[C@H]([C@@H]2O[C@@H](OCc3ccccc3C(=O)OCc3ccccc3)[C@H](O)[C@H]2O[Si](C)(C)C(C)(C)C)O1. The molecule has 0 amide bonds. The van der Waals surface area contributed by atoms with Gasteiger partial charge < -0.3 is 33.2 Å². The van der Waals surface area contributed by atoms with Gasteiger partial charge in [-0.2, -0.15) is 0 Å². The summed E-state index contributed by atoms with van der Waals surface area (Å²) in [4.78, 5) is 12.9. The number of carbonyl (C=O) groups excluding carboxylic acids is 1. The zero-order valence-corrected chi connectivity index (χ0v) is 25.0. The van der Waals surface area contributed by atoms with Gasteiger partial charge in [-0.1, -0.05) is 69.3 Å². The molecule has 0 bridgehead atoms. The monoisotopic (exact) mass is 558 g/mol. The van der Waals surface area contributed by atoms with Crippen molar-refractivity contribution in [1.29, 1.82) is 0 Å². The third-order valence-corrected chi connectivity index (χ3v) is 12.2. The van der Waals surface area contributed by atoms with Crippen LogP contribution in [-0.4, -0.2) is 62.5 Å². The molecule has 4 rings (SSSR count). The van der Waals surface area contributed by atoms with Crippen LogP contribution in [0.25, 0.3) is 0 Å².